The summed E-state index contributed by atoms with van der Waals surface area (Å²) in [6, 6.07) is 3.97. The minimum atomic E-state index is -0.814. The Hall–Kier alpha value is -1.38. The SMILES string of the molecule is CCC(C)c1cc[n+](CC(=O)O)cc1. The summed E-state index contributed by atoms with van der Waals surface area (Å²) in [4.78, 5) is 10.4. The number of carbonyl (C=O) groups is 1. The van der Waals surface area contributed by atoms with Crippen molar-refractivity contribution < 1.29 is 14.5 Å². The summed E-state index contributed by atoms with van der Waals surface area (Å²) in [6.07, 6.45) is 4.73. The largest absolute Gasteiger partial charge is 0.477 e. The molecule has 1 rings (SSSR count). The fourth-order valence-electron chi connectivity index (χ4n) is 1.29. The summed E-state index contributed by atoms with van der Waals surface area (Å²) in [5.41, 5.74) is 1.26. The molecule has 1 aromatic heterocycles. The van der Waals surface area contributed by atoms with Crippen LogP contribution in [0.3, 0.4) is 0 Å². The van der Waals surface area contributed by atoms with E-state index in [4.69, 9.17) is 5.11 Å². The van der Waals surface area contributed by atoms with Gasteiger partial charge in [-0.15, -0.1) is 0 Å². The highest BCUT2D eigenvalue weighted by Gasteiger charge is 2.08. The fourth-order valence-corrected chi connectivity index (χ4v) is 1.29. The molecule has 0 saturated heterocycles. The molecule has 3 heteroatoms. The van der Waals surface area contributed by atoms with Crippen molar-refractivity contribution >= 4 is 5.97 Å². The van der Waals surface area contributed by atoms with Crippen LogP contribution in [-0.4, -0.2) is 11.1 Å². The first-order valence-corrected chi connectivity index (χ1v) is 4.84. The molecular weight excluding hydrogens is 178 g/mol. The number of pyridine rings is 1. The topological polar surface area (TPSA) is 41.2 Å². The predicted octanol–water partition coefficient (Wildman–Crippen LogP) is 1.57. The van der Waals surface area contributed by atoms with Gasteiger partial charge in [-0.2, -0.15) is 4.57 Å². The summed E-state index contributed by atoms with van der Waals surface area (Å²) in [5.74, 6) is -0.277. The van der Waals surface area contributed by atoms with Crippen LogP contribution in [0.4, 0.5) is 0 Å². The molecule has 0 bridgehead atoms. The van der Waals surface area contributed by atoms with Crippen LogP contribution in [0.15, 0.2) is 24.5 Å². The molecule has 0 amide bonds. The first kappa shape index (κ1) is 10.7. The smallest absolute Gasteiger partial charge is 0.370 e. The summed E-state index contributed by atoms with van der Waals surface area (Å²) in [5, 5.41) is 8.57. The van der Waals surface area contributed by atoms with Crippen LogP contribution in [0.25, 0.3) is 0 Å². The van der Waals surface area contributed by atoms with Crippen molar-refractivity contribution in [1.29, 1.82) is 0 Å². The first-order valence-electron chi connectivity index (χ1n) is 4.84. The van der Waals surface area contributed by atoms with Crippen LogP contribution in [0.2, 0.25) is 0 Å². The van der Waals surface area contributed by atoms with E-state index in [2.05, 4.69) is 13.8 Å². The zero-order chi connectivity index (χ0) is 10.6. The Labute approximate surface area is 84.0 Å². The van der Waals surface area contributed by atoms with E-state index in [1.54, 1.807) is 4.57 Å². The Kier molecular flexibility index (Phi) is 3.63. The Morgan fingerprint density at radius 2 is 2.07 bits per heavy atom. The highest BCUT2D eigenvalue weighted by atomic mass is 16.4. The monoisotopic (exact) mass is 194 g/mol. The molecule has 0 spiro atoms. The molecule has 1 unspecified atom stereocenters. The average Bonchev–Trinajstić information content (AvgIpc) is 2.17. The molecule has 0 saturated carbocycles. The molecule has 0 aliphatic rings. The van der Waals surface area contributed by atoms with Crippen molar-refractivity contribution in [3.8, 4) is 0 Å². The molecule has 1 heterocycles. The number of hydrogen-bond donors (Lipinski definition) is 1. The Bertz CT molecular complexity index is 306. The molecule has 0 aliphatic heterocycles. The minimum absolute atomic E-state index is 0.0286. The molecule has 0 aromatic carbocycles. The first-order chi connectivity index (χ1) is 6.63. The number of hydrogen-bond acceptors (Lipinski definition) is 1. The quantitative estimate of drug-likeness (QED) is 0.739. The van der Waals surface area contributed by atoms with Crippen molar-refractivity contribution in [3.05, 3.63) is 30.1 Å². The van der Waals surface area contributed by atoms with Crippen LogP contribution in [0.5, 0.6) is 0 Å². The van der Waals surface area contributed by atoms with Gasteiger partial charge in [-0.05, 0) is 17.9 Å². The van der Waals surface area contributed by atoms with E-state index >= 15 is 0 Å². The van der Waals surface area contributed by atoms with E-state index in [9.17, 15) is 4.79 Å². The second-order valence-corrected chi connectivity index (χ2v) is 3.51. The zero-order valence-corrected chi connectivity index (χ0v) is 8.60. The zero-order valence-electron chi connectivity index (χ0n) is 8.60. The highest BCUT2D eigenvalue weighted by Crippen LogP contribution is 2.16. The molecule has 1 atom stereocenters. The van der Waals surface area contributed by atoms with Crippen molar-refractivity contribution in [3.63, 3.8) is 0 Å². The summed E-state index contributed by atoms with van der Waals surface area (Å²) >= 11 is 0. The van der Waals surface area contributed by atoms with Gasteiger partial charge in [0.2, 0.25) is 6.54 Å². The molecule has 3 nitrogen and oxygen atoms in total. The maximum atomic E-state index is 10.4. The second-order valence-electron chi connectivity index (χ2n) is 3.51. The van der Waals surface area contributed by atoms with Crippen molar-refractivity contribution in [2.24, 2.45) is 0 Å². The van der Waals surface area contributed by atoms with Crippen LogP contribution in [0, 0.1) is 0 Å². The van der Waals surface area contributed by atoms with Crippen molar-refractivity contribution in [2.45, 2.75) is 32.7 Å². The molecule has 1 N–H and O–H groups in total. The second kappa shape index (κ2) is 4.74. The molecule has 0 aliphatic carbocycles. The maximum absolute atomic E-state index is 10.4. The average molecular weight is 194 g/mol. The van der Waals surface area contributed by atoms with Gasteiger partial charge >= 0.3 is 5.97 Å². The highest BCUT2D eigenvalue weighted by molar-refractivity contribution is 5.64. The van der Waals surface area contributed by atoms with Gasteiger partial charge in [0.25, 0.3) is 0 Å². The van der Waals surface area contributed by atoms with Gasteiger partial charge in [-0.25, -0.2) is 4.79 Å². The number of rotatable bonds is 4. The number of carboxylic acids is 1. The summed E-state index contributed by atoms with van der Waals surface area (Å²) in [7, 11) is 0. The van der Waals surface area contributed by atoms with Gasteiger partial charge in [0, 0.05) is 12.1 Å². The Morgan fingerprint density at radius 3 is 2.50 bits per heavy atom. The third-order valence-electron chi connectivity index (χ3n) is 2.42. The van der Waals surface area contributed by atoms with Gasteiger partial charge in [0.1, 0.15) is 0 Å². The minimum Gasteiger partial charge on any atom is -0.477 e. The van der Waals surface area contributed by atoms with Crippen molar-refractivity contribution in [1.82, 2.24) is 0 Å². The molecular formula is C11H16NO2+. The number of nitrogens with zero attached hydrogens (tertiary/aromatic N) is 1. The van der Waals surface area contributed by atoms with Crippen molar-refractivity contribution in [2.75, 3.05) is 0 Å². The van der Waals surface area contributed by atoms with Gasteiger partial charge in [0.15, 0.2) is 12.4 Å². The van der Waals surface area contributed by atoms with E-state index in [1.165, 1.54) is 5.56 Å². The van der Waals surface area contributed by atoms with E-state index in [1.807, 2.05) is 24.5 Å². The molecule has 76 valence electrons. The van der Waals surface area contributed by atoms with Gasteiger partial charge in [-0.1, -0.05) is 13.8 Å². The fraction of sp³-hybridized carbons (Fsp3) is 0.455. The van der Waals surface area contributed by atoms with Crippen LogP contribution >= 0.6 is 0 Å². The van der Waals surface area contributed by atoms with Gasteiger partial charge in [0.05, 0.1) is 0 Å². The maximum Gasteiger partial charge on any atom is 0.370 e. The summed E-state index contributed by atoms with van der Waals surface area (Å²) < 4.78 is 1.66. The lowest BCUT2D eigenvalue weighted by molar-refractivity contribution is -0.685. The van der Waals surface area contributed by atoms with Gasteiger partial charge < -0.3 is 5.11 Å². The lowest BCUT2D eigenvalue weighted by atomic mass is 10.0. The standard InChI is InChI=1S/C11H15NO2/c1-3-9(2)10-4-6-12(7-5-10)8-11(13)14/h4-7,9H,3,8H2,1-2H3/p+1. The van der Waals surface area contributed by atoms with E-state index in [0.29, 0.717) is 5.92 Å². The predicted molar refractivity (Wildman–Crippen MR) is 53.0 cm³/mol. The van der Waals surface area contributed by atoms with Crippen LogP contribution < -0.4 is 4.57 Å². The van der Waals surface area contributed by atoms with E-state index in [0.717, 1.165) is 6.42 Å². The number of aromatic nitrogens is 1. The van der Waals surface area contributed by atoms with E-state index in [-0.39, 0.29) is 6.54 Å². The van der Waals surface area contributed by atoms with Crippen LogP contribution in [-0.2, 0) is 11.3 Å². The Morgan fingerprint density at radius 1 is 1.50 bits per heavy atom. The van der Waals surface area contributed by atoms with Gasteiger partial charge in [-0.3, -0.25) is 0 Å². The van der Waals surface area contributed by atoms with Crippen LogP contribution in [0.1, 0.15) is 31.7 Å². The lowest BCUT2D eigenvalue weighted by Gasteiger charge is -2.06. The summed E-state index contributed by atoms with van der Waals surface area (Å²) in [6.45, 7) is 4.33. The third kappa shape index (κ3) is 2.83. The lowest BCUT2D eigenvalue weighted by Crippen LogP contribution is -2.37. The molecule has 0 radical (unpaired) electrons. The third-order valence-corrected chi connectivity index (χ3v) is 2.42. The Balaban J connectivity index is 2.73. The van der Waals surface area contributed by atoms with E-state index < -0.39 is 5.97 Å². The number of carboxylic acid groups (broad SMARTS) is 1. The number of aliphatic carboxylic acids is 1. The molecule has 14 heavy (non-hydrogen) atoms. The molecule has 1 aromatic rings. The molecule has 0 fully saturated rings. The normalized spacial score (nSPS) is 12.4.